The number of nitro benzene ring substituents is 2. The summed E-state index contributed by atoms with van der Waals surface area (Å²) in [6, 6.07) is 31.1. The number of hydrogen-bond acceptors (Lipinski definition) is 7. The zero-order valence-corrected chi connectivity index (χ0v) is 19.1. The molecule has 0 saturated carbocycles. The molecular weight excluding hydrogens is 460 g/mol. The number of nitrogens with zero attached hydrogens (tertiary/aromatic N) is 4. The summed E-state index contributed by atoms with van der Waals surface area (Å²) >= 11 is 0. The van der Waals surface area contributed by atoms with Crippen molar-refractivity contribution in [2.45, 2.75) is 6.17 Å². The fraction of sp³-hybridized carbons (Fsp3) is 0.111. The predicted molar refractivity (Wildman–Crippen MR) is 137 cm³/mol. The molecule has 4 aromatic carbocycles. The first-order valence-electron chi connectivity index (χ1n) is 11.4. The maximum atomic E-state index is 11.4. The number of nitro groups is 2. The molecule has 9 nitrogen and oxygen atoms in total. The summed E-state index contributed by atoms with van der Waals surface area (Å²) in [5.41, 5.74) is 2.43. The summed E-state index contributed by atoms with van der Waals surface area (Å²) in [5.74, 6) is 0.335. The van der Waals surface area contributed by atoms with Crippen molar-refractivity contribution in [3.05, 3.63) is 129 Å². The number of para-hydroxylation sites is 2. The summed E-state index contributed by atoms with van der Waals surface area (Å²) in [7, 11) is 0. The van der Waals surface area contributed by atoms with Crippen LogP contribution in [0.5, 0.6) is 11.5 Å². The lowest BCUT2D eigenvalue weighted by molar-refractivity contribution is -0.394. The van der Waals surface area contributed by atoms with E-state index in [4.69, 9.17) is 4.74 Å². The first kappa shape index (κ1) is 22.9. The van der Waals surface area contributed by atoms with Crippen LogP contribution in [0.15, 0.2) is 103 Å². The number of anilines is 2. The predicted octanol–water partition coefficient (Wildman–Crippen LogP) is 6.32. The number of benzene rings is 4. The molecule has 0 N–H and O–H groups in total. The smallest absolute Gasteiger partial charge is 0.318 e. The molecule has 1 aliphatic rings. The van der Waals surface area contributed by atoms with E-state index >= 15 is 0 Å². The van der Waals surface area contributed by atoms with Crippen molar-refractivity contribution in [3.8, 4) is 11.5 Å². The van der Waals surface area contributed by atoms with E-state index in [0.29, 0.717) is 5.75 Å². The third-order valence-electron chi connectivity index (χ3n) is 6.10. The number of rotatable bonds is 7. The molecule has 9 heteroatoms. The fourth-order valence-corrected chi connectivity index (χ4v) is 4.45. The van der Waals surface area contributed by atoms with Gasteiger partial charge in [-0.25, -0.2) is 0 Å². The van der Waals surface area contributed by atoms with Crippen molar-refractivity contribution in [1.29, 1.82) is 0 Å². The van der Waals surface area contributed by atoms with Gasteiger partial charge in [0.05, 0.1) is 15.9 Å². The zero-order chi connectivity index (χ0) is 25.1. The first-order chi connectivity index (χ1) is 17.5. The molecule has 0 unspecified atom stereocenters. The van der Waals surface area contributed by atoms with Crippen LogP contribution in [-0.4, -0.2) is 22.9 Å². The van der Waals surface area contributed by atoms with Gasteiger partial charge in [-0.3, -0.25) is 20.2 Å². The second kappa shape index (κ2) is 9.75. The third kappa shape index (κ3) is 4.54. The van der Waals surface area contributed by atoms with E-state index in [0.717, 1.165) is 36.1 Å². The average Bonchev–Trinajstić information content (AvgIpc) is 3.35. The van der Waals surface area contributed by atoms with Crippen LogP contribution in [0.25, 0.3) is 0 Å². The van der Waals surface area contributed by atoms with Crippen molar-refractivity contribution < 1.29 is 14.6 Å². The Balaban J connectivity index is 1.45. The molecule has 36 heavy (non-hydrogen) atoms. The fourth-order valence-electron chi connectivity index (χ4n) is 4.45. The minimum Gasteiger partial charge on any atom is -0.450 e. The summed E-state index contributed by atoms with van der Waals surface area (Å²) in [5, 5.41) is 22.4. The van der Waals surface area contributed by atoms with Crippen molar-refractivity contribution in [3.63, 3.8) is 0 Å². The standard InChI is InChI=1S/C27H22N4O5/c32-30(33)23-13-16-26(25(19-23)31(34)35)36-24-14-11-20(12-15-24)27-28(21-7-3-1-4-8-21)17-18-29(27)22-9-5-2-6-10-22/h1-16,19,27H,17-18H2. The van der Waals surface area contributed by atoms with Crippen LogP contribution in [0.2, 0.25) is 0 Å². The maximum absolute atomic E-state index is 11.4. The van der Waals surface area contributed by atoms with Crippen molar-refractivity contribution in [2.24, 2.45) is 0 Å². The topological polar surface area (TPSA) is 102 Å². The number of ether oxygens (including phenoxy) is 1. The highest BCUT2D eigenvalue weighted by atomic mass is 16.6. The third-order valence-corrected chi connectivity index (χ3v) is 6.10. The summed E-state index contributed by atoms with van der Waals surface area (Å²) < 4.78 is 5.75. The number of hydrogen-bond donors (Lipinski definition) is 0. The minimum absolute atomic E-state index is 0.0578. The molecule has 1 aliphatic heterocycles. The Morgan fingerprint density at radius 3 is 1.75 bits per heavy atom. The van der Waals surface area contributed by atoms with Crippen LogP contribution in [0.3, 0.4) is 0 Å². The Kier molecular flexibility index (Phi) is 6.19. The molecular formula is C27H22N4O5. The van der Waals surface area contributed by atoms with Gasteiger partial charge in [0.2, 0.25) is 5.75 Å². The van der Waals surface area contributed by atoms with Crippen LogP contribution in [-0.2, 0) is 0 Å². The molecule has 0 aliphatic carbocycles. The van der Waals surface area contributed by atoms with Gasteiger partial charge in [0.15, 0.2) is 0 Å². The van der Waals surface area contributed by atoms with Crippen LogP contribution >= 0.6 is 0 Å². The van der Waals surface area contributed by atoms with Crippen molar-refractivity contribution in [1.82, 2.24) is 0 Å². The van der Waals surface area contributed by atoms with E-state index in [1.807, 2.05) is 48.5 Å². The van der Waals surface area contributed by atoms with E-state index in [9.17, 15) is 20.2 Å². The first-order valence-corrected chi connectivity index (χ1v) is 11.4. The minimum atomic E-state index is -0.690. The largest absolute Gasteiger partial charge is 0.450 e. The molecule has 180 valence electrons. The zero-order valence-electron chi connectivity index (χ0n) is 19.1. The molecule has 0 spiro atoms. The molecule has 0 amide bonds. The number of non-ortho nitro benzene ring substituents is 1. The lowest BCUT2D eigenvalue weighted by Crippen LogP contribution is -2.30. The molecule has 0 radical (unpaired) electrons. The summed E-state index contributed by atoms with van der Waals surface area (Å²) in [6.07, 6.45) is -0.0578. The molecule has 0 atom stereocenters. The van der Waals surface area contributed by atoms with Gasteiger partial charge in [0, 0.05) is 30.5 Å². The Morgan fingerprint density at radius 2 is 1.25 bits per heavy atom. The van der Waals surface area contributed by atoms with Gasteiger partial charge in [0.25, 0.3) is 5.69 Å². The average molecular weight is 482 g/mol. The molecule has 5 rings (SSSR count). The maximum Gasteiger partial charge on any atom is 0.318 e. The highest BCUT2D eigenvalue weighted by molar-refractivity contribution is 5.59. The summed E-state index contributed by atoms with van der Waals surface area (Å²) in [6.45, 7) is 1.69. The quantitative estimate of drug-likeness (QED) is 0.224. The lowest BCUT2D eigenvalue weighted by Gasteiger charge is -2.33. The second-order valence-electron chi connectivity index (χ2n) is 8.27. The van der Waals surface area contributed by atoms with E-state index in [1.54, 1.807) is 12.1 Å². The van der Waals surface area contributed by atoms with Crippen LogP contribution in [0.4, 0.5) is 22.7 Å². The van der Waals surface area contributed by atoms with Crippen molar-refractivity contribution in [2.75, 3.05) is 22.9 Å². The molecule has 0 aromatic heterocycles. The van der Waals surface area contributed by atoms with Gasteiger partial charge in [-0.2, -0.15) is 0 Å². The van der Waals surface area contributed by atoms with Gasteiger partial charge in [0.1, 0.15) is 11.9 Å². The Hall–Kier alpha value is -4.92. The molecule has 1 heterocycles. The van der Waals surface area contributed by atoms with Crippen LogP contribution in [0, 0.1) is 20.2 Å². The molecule has 0 bridgehead atoms. The van der Waals surface area contributed by atoms with Gasteiger partial charge < -0.3 is 14.5 Å². The lowest BCUT2D eigenvalue weighted by atomic mass is 10.1. The van der Waals surface area contributed by atoms with Gasteiger partial charge in [-0.05, 0) is 48.0 Å². The van der Waals surface area contributed by atoms with Crippen LogP contribution in [0.1, 0.15) is 11.7 Å². The van der Waals surface area contributed by atoms with Crippen molar-refractivity contribution >= 4 is 22.7 Å². The van der Waals surface area contributed by atoms with E-state index in [2.05, 4.69) is 34.1 Å². The normalized spacial score (nSPS) is 13.6. The van der Waals surface area contributed by atoms with Crippen LogP contribution < -0.4 is 14.5 Å². The SMILES string of the molecule is O=[N+]([O-])c1ccc(Oc2ccc(C3N(c4ccccc4)CCN3c3ccccc3)cc2)c([N+](=O)[O-])c1. The Morgan fingerprint density at radius 1 is 0.694 bits per heavy atom. The van der Waals surface area contributed by atoms with Gasteiger partial charge >= 0.3 is 5.69 Å². The van der Waals surface area contributed by atoms with Gasteiger partial charge in [-0.1, -0.05) is 48.5 Å². The van der Waals surface area contributed by atoms with E-state index < -0.39 is 15.5 Å². The second-order valence-corrected chi connectivity index (χ2v) is 8.27. The summed E-state index contributed by atoms with van der Waals surface area (Å²) in [4.78, 5) is 25.8. The highest BCUT2D eigenvalue weighted by Gasteiger charge is 2.33. The molecule has 1 saturated heterocycles. The van der Waals surface area contributed by atoms with E-state index in [-0.39, 0.29) is 17.6 Å². The Labute approximate surface area is 207 Å². The van der Waals surface area contributed by atoms with E-state index in [1.165, 1.54) is 12.1 Å². The Bertz CT molecular complexity index is 1330. The molecule has 1 fully saturated rings. The monoisotopic (exact) mass is 482 g/mol. The highest BCUT2D eigenvalue weighted by Crippen LogP contribution is 2.39. The van der Waals surface area contributed by atoms with Gasteiger partial charge in [-0.15, -0.1) is 0 Å². The molecule has 4 aromatic rings.